The van der Waals surface area contributed by atoms with Crippen molar-refractivity contribution in [2.75, 3.05) is 13.2 Å². The summed E-state index contributed by atoms with van der Waals surface area (Å²) in [7, 11) is 0. The van der Waals surface area contributed by atoms with Gasteiger partial charge in [-0.15, -0.1) is 22.7 Å². The van der Waals surface area contributed by atoms with Crippen LogP contribution in [0.25, 0.3) is 63.3 Å². The monoisotopic (exact) mass is 690 g/mol. The van der Waals surface area contributed by atoms with E-state index in [0.717, 1.165) is 97.1 Å². The molecule has 0 aliphatic heterocycles. The minimum Gasteiger partial charge on any atom is -0.491 e. The topological polar surface area (TPSA) is 74.8 Å². The van der Waals surface area contributed by atoms with Crippen molar-refractivity contribution in [2.24, 2.45) is 11.8 Å². The summed E-state index contributed by atoms with van der Waals surface area (Å²) < 4.78 is 15.5. The maximum absolute atomic E-state index is 10.2. The van der Waals surface area contributed by atoms with E-state index in [-0.39, 0.29) is 23.2 Å². The summed E-state index contributed by atoms with van der Waals surface area (Å²) in [5.74, 6) is 1.94. The highest BCUT2D eigenvalue weighted by atomic mass is 32.1. The van der Waals surface area contributed by atoms with E-state index >= 15 is 0 Å². The first-order chi connectivity index (χ1) is 23.9. The molecule has 2 aromatic heterocycles. The molecule has 0 saturated carbocycles. The molecule has 7 rings (SSSR count). The Kier molecular flexibility index (Phi) is 8.08. The van der Waals surface area contributed by atoms with Gasteiger partial charge in [-0.3, -0.25) is 0 Å². The van der Waals surface area contributed by atoms with Crippen molar-refractivity contribution in [1.82, 2.24) is 0 Å². The number of nitrogens with zero attached hydrogens (tertiary/aromatic N) is 4. The molecule has 6 nitrogen and oxygen atoms in total. The van der Waals surface area contributed by atoms with Crippen molar-refractivity contribution < 1.29 is 9.47 Å². The Morgan fingerprint density at radius 1 is 0.640 bits per heavy atom. The smallest absolute Gasteiger partial charge is 0.271 e. The molecule has 0 bridgehead atoms. The van der Waals surface area contributed by atoms with Crippen LogP contribution in [0.15, 0.2) is 35.7 Å². The molecule has 0 unspecified atom stereocenters. The first-order valence-electron chi connectivity index (χ1n) is 16.6. The molecular formula is C42H34N4O2S2. The average molecular weight is 691 g/mol. The molecule has 50 heavy (non-hydrogen) atoms. The first-order valence-corrected chi connectivity index (χ1v) is 18.2. The van der Waals surface area contributed by atoms with Crippen molar-refractivity contribution in [3.8, 4) is 45.9 Å². The molecule has 0 N–H and O–H groups in total. The van der Waals surface area contributed by atoms with E-state index in [0.29, 0.717) is 24.4 Å². The lowest BCUT2D eigenvalue weighted by atomic mass is 9.95. The van der Waals surface area contributed by atoms with Gasteiger partial charge in [0.15, 0.2) is 0 Å². The quantitative estimate of drug-likeness (QED) is 0.129. The number of hydrogen-bond donors (Lipinski definition) is 0. The Labute approximate surface area is 300 Å². The molecule has 5 aromatic rings. The van der Waals surface area contributed by atoms with Crippen molar-refractivity contribution in [1.29, 1.82) is 10.5 Å². The van der Waals surface area contributed by atoms with Crippen LogP contribution in [-0.4, -0.2) is 13.2 Å². The largest absolute Gasteiger partial charge is 0.491 e. The standard InChI is InChI=1S/C42H34N4O2S2/c1-19(2)17-47-37-35-33-27-13-23(7)21(5)11-25(27)31(29(15-43)45-9)39(33)50-42(35)38(48-18-20(3)4)36-34-28-14-24(8)22(6)12-26(28)32(30(16-44)46-10)40(34)49-41(36)37/h11-14,19-20H,17-18H2,1-8H3/b31-29-,32-30+. The van der Waals surface area contributed by atoms with Crippen LogP contribution in [0.2, 0.25) is 0 Å². The van der Waals surface area contributed by atoms with E-state index in [1.54, 1.807) is 22.7 Å². The molecule has 0 radical (unpaired) electrons. The van der Waals surface area contributed by atoms with Crippen LogP contribution in [0.4, 0.5) is 0 Å². The Balaban J connectivity index is 1.74. The normalized spacial score (nSPS) is 14.5. The molecule has 0 amide bonds. The second-order valence-electron chi connectivity index (χ2n) is 13.9. The third-order valence-corrected chi connectivity index (χ3v) is 11.9. The van der Waals surface area contributed by atoms with Crippen LogP contribution in [0.5, 0.6) is 11.5 Å². The van der Waals surface area contributed by atoms with Crippen LogP contribution in [-0.2, 0) is 0 Å². The van der Waals surface area contributed by atoms with Crippen molar-refractivity contribution in [2.45, 2.75) is 55.4 Å². The molecular weight excluding hydrogens is 657 g/mol. The van der Waals surface area contributed by atoms with E-state index < -0.39 is 0 Å². The molecule has 0 atom stereocenters. The van der Waals surface area contributed by atoms with Crippen LogP contribution >= 0.6 is 22.7 Å². The van der Waals surface area contributed by atoms with Gasteiger partial charge in [0.1, 0.15) is 11.5 Å². The van der Waals surface area contributed by atoms with Crippen molar-refractivity contribution in [3.05, 3.63) is 102 Å². The number of benzene rings is 3. The van der Waals surface area contributed by atoms with Crippen molar-refractivity contribution >= 4 is 54.0 Å². The van der Waals surface area contributed by atoms with Gasteiger partial charge in [-0.2, -0.15) is 0 Å². The summed E-state index contributed by atoms with van der Waals surface area (Å²) in [5, 5.41) is 22.2. The lowest BCUT2D eigenvalue weighted by Gasteiger charge is -2.18. The molecule has 3 aromatic carbocycles. The minimum absolute atomic E-state index is 0.0644. The number of fused-ring (bicyclic) bond motifs is 10. The number of nitriles is 2. The number of ether oxygens (including phenoxy) is 2. The lowest BCUT2D eigenvalue weighted by molar-refractivity contribution is 0.273. The SMILES string of the molecule is [C-]#[N+]/C(C#N)=C1/c2cc(C)c(C)cc2-c2c1sc1c(OCC(C)C)c3c4c(sc3c(OCC(C)C)c21)/C(=C(\C#N)[N+]#[C-])c1cc(C)c(C)cc1-4. The fourth-order valence-electron chi connectivity index (χ4n) is 6.93. The predicted molar refractivity (Wildman–Crippen MR) is 204 cm³/mol. The highest BCUT2D eigenvalue weighted by molar-refractivity contribution is 7.23. The van der Waals surface area contributed by atoms with Gasteiger partial charge in [0.2, 0.25) is 0 Å². The number of rotatable bonds is 6. The highest BCUT2D eigenvalue weighted by Crippen LogP contribution is 2.64. The molecule has 0 spiro atoms. The first kappa shape index (κ1) is 33.1. The maximum atomic E-state index is 10.2. The highest BCUT2D eigenvalue weighted by Gasteiger charge is 2.39. The molecule has 246 valence electrons. The van der Waals surface area contributed by atoms with Gasteiger partial charge >= 0.3 is 0 Å². The fraction of sp³-hybridized carbons (Fsp3) is 0.286. The number of allylic oxidation sites excluding steroid dienone is 2. The molecule has 8 heteroatoms. The lowest BCUT2D eigenvalue weighted by Crippen LogP contribution is -2.07. The van der Waals surface area contributed by atoms with Gasteiger partial charge in [0.25, 0.3) is 11.4 Å². The Bertz CT molecular complexity index is 2370. The molecule has 2 heterocycles. The van der Waals surface area contributed by atoms with Crippen LogP contribution in [0.1, 0.15) is 70.8 Å². The molecule has 0 fully saturated rings. The second kappa shape index (κ2) is 12.2. The van der Waals surface area contributed by atoms with E-state index in [9.17, 15) is 10.5 Å². The van der Waals surface area contributed by atoms with Gasteiger partial charge in [-0.05, 0) is 84.0 Å². The number of aryl methyl sites for hydroxylation is 4. The molecule has 2 aliphatic carbocycles. The predicted octanol–water partition coefficient (Wildman–Crippen LogP) is 11.8. The summed E-state index contributed by atoms with van der Waals surface area (Å²) in [5.41, 5.74) is 11.5. The zero-order chi connectivity index (χ0) is 35.8. The third-order valence-electron chi connectivity index (χ3n) is 9.51. The summed E-state index contributed by atoms with van der Waals surface area (Å²) in [6.45, 7) is 33.6. The average Bonchev–Trinajstić information content (AvgIpc) is 3.80. The van der Waals surface area contributed by atoms with Crippen molar-refractivity contribution in [3.63, 3.8) is 0 Å². The van der Waals surface area contributed by atoms with E-state index in [1.807, 2.05) is 0 Å². The summed E-state index contributed by atoms with van der Waals surface area (Å²) in [4.78, 5) is 9.16. The number of thiophene rings is 2. The van der Waals surface area contributed by atoms with E-state index in [2.05, 4.69) is 101 Å². The van der Waals surface area contributed by atoms with Gasteiger partial charge in [-0.1, -0.05) is 52.0 Å². The maximum Gasteiger partial charge on any atom is 0.271 e. The van der Waals surface area contributed by atoms with Gasteiger partial charge in [-0.25, -0.2) is 20.2 Å². The zero-order valence-corrected chi connectivity index (χ0v) is 30.9. The zero-order valence-electron chi connectivity index (χ0n) is 29.3. The van der Waals surface area contributed by atoms with Crippen LogP contribution in [0, 0.1) is 75.3 Å². The molecule has 0 saturated heterocycles. The van der Waals surface area contributed by atoms with E-state index in [1.165, 1.54) is 0 Å². The summed E-state index contributed by atoms with van der Waals surface area (Å²) in [6, 6.07) is 12.9. The van der Waals surface area contributed by atoms with Gasteiger partial charge < -0.3 is 9.47 Å². The minimum atomic E-state index is 0.0644. The Morgan fingerprint density at radius 2 is 0.980 bits per heavy atom. The van der Waals surface area contributed by atoms with Gasteiger partial charge in [0, 0.05) is 42.8 Å². The Hall–Kier alpha value is -5.38. The number of hydrogen-bond acceptors (Lipinski definition) is 6. The van der Waals surface area contributed by atoms with Crippen LogP contribution in [0.3, 0.4) is 0 Å². The van der Waals surface area contributed by atoms with Crippen LogP contribution < -0.4 is 9.47 Å². The molecule has 2 aliphatic rings. The second-order valence-corrected chi connectivity index (χ2v) is 16.0. The fourth-order valence-corrected chi connectivity index (χ4v) is 9.69. The Morgan fingerprint density at radius 3 is 1.28 bits per heavy atom. The summed E-state index contributed by atoms with van der Waals surface area (Å²) in [6.07, 6.45) is 0. The summed E-state index contributed by atoms with van der Waals surface area (Å²) >= 11 is 3.10. The third kappa shape index (κ3) is 4.75. The van der Waals surface area contributed by atoms with Gasteiger partial charge in [0.05, 0.1) is 47.9 Å². The van der Waals surface area contributed by atoms with E-state index in [4.69, 9.17) is 22.6 Å².